The molecule has 0 aliphatic carbocycles. The molecule has 0 aromatic rings. The van der Waals surface area contributed by atoms with Crippen molar-refractivity contribution in [2.75, 3.05) is 27.4 Å². The predicted octanol–water partition coefficient (Wildman–Crippen LogP) is -0.727. The van der Waals surface area contributed by atoms with E-state index in [0.717, 1.165) is 13.0 Å². The minimum absolute atomic E-state index is 0.00815. The normalized spacial score (nSPS) is 46.9. The molecule has 4 nitrogen and oxygen atoms in total. The Labute approximate surface area is 85.7 Å². The lowest BCUT2D eigenvalue weighted by atomic mass is 9.83. The van der Waals surface area contributed by atoms with Gasteiger partial charge in [-0.3, -0.25) is 0 Å². The van der Waals surface area contributed by atoms with Crippen molar-refractivity contribution in [2.45, 2.75) is 30.2 Å². The van der Waals surface area contributed by atoms with E-state index in [4.69, 9.17) is 22.1 Å². The van der Waals surface area contributed by atoms with Gasteiger partial charge in [0.1, 0.15) is 19.6 Å². The Morgan fingerprint density at radius 3 is 3.00 bits per heavy atom. The van der Waals surface area contributed by atoms with Crippen molar-refractivity contribution in [3.05, 3.63) is 0 Å². The van der Waals surface area contributed by atoms with Gasteiger partial charge in [0, 0.05) is 20.2 Å². The van der Waals surface area contributed by atoms with E-state index < -0.39 is 0 Å². The largest absolute Gasteiger partial charge is 0.382 e. The maximum absolute atomic E-state index is 5.88. The highest BCUT2D eigenvalue weighted by molar-refractivity contribution is 6.11. The maximum Gasteiger partial charge on any atom is 0.120 e. The number of fused-ring (bicyclic) bond motifs is 2. The van der Waals surface area contributed by atoms with Crippen LogP contribution in [0.25, 0.3) is 0 Å². The second-order valence-corrected chi connectivity index (χ2v) is 3.97. The highest BCUT2D eigenvalue weighted by Gasteiger charge is 2.55. The first-order valence-corrected chi connectivity index (χ1v) is 4.92. The zero-order valence-electron chi connectivity index (χ0n) is 8.66. The summed E-state index contributed by atoms with van der Waals surface area (Å²) in [5, 5.41) is 3.31. The molecular weight excluding hydrogens is 181 g/mol. The summed E-state index contributed by atoms with van der Waals surface area (Å²) in [4.78, 5) is 0. The first-order valence-electron chi connectivity index (χ1n) is 4.92. The van der Waals surface area contributed by atoms with Crippen LogP contribution < -0.4 is 5.32 Å². The molecule has 2 aliphatic heterocycles. The van der Waals surface area contributed by atoms with Crippen LogP contribution in [0.2, 0.25) is 0 Å². The Bertz CT molecular complexity index is 212. The SMILES string of the molecule is [B][C@@H]1O[C@@]2(COC)CCNC1C2OC. The number of hydrogen-bond acceptors (Lipinski definition) is 4. The smallest absolute Gasteiger partial charge is 0.120 e. The van der Waals surface area contributed by atoms with Crippen LogP contribution in [0.15, 0.2) is 0 Å². The molecule has 4 atom stereocenters. The first-order chi connectivity index (χ1) is 6.73. The molecule has 14 heavy (non-hydrogen) atoms. The number of piperidine rings is 1. The molecule has 5 heteroatoms. The van der Waals surface area contributed by atoms with Crippen LogP contribution in [0.1, 0.15) is 6.42 Å². The molecule has 2 bridgehead atoms. The van der Waals surface area contributed by atoms with Gasteiger partial charge in [0.2, 0.25) is 0 Å². The minimum atomic E-state index is -0.348. The molecule has 2 fully saturated rings. The molecule has 1 N–H and O–H groups in total. The van der Waals surface area contributed by atoms with Crippen LogP contribution in [0.3, 0.4) is 0 Å². The quantitative estimate of drug-likeness (QED) is 0.605. The van der Waals surface area contributed by atoms with Crippen LogP contribution in [-0.2, 0) is 14.2 Å². The summed E-state index contributed by atoms with van der Waals surface area (Å²) in [6.45, 7) is 1.44. The fourth-order valence-corrected chi connectivity index (χ4v) is 2.58. The van der Waals surface area contributed by atoms with Crippen molar-refractivity contribution in [1.29, 1.82) is 0 Å². The first kappa shape index (κ1) is 10.4. The van der Waals surface area contributed by atoms with Gasteiger partial charge < -0.3 is 19.5 Å². The molecule has 0 aromatic carbocycles. The summed E-state index contributed by atoms with van der Waals surface area (Å²) in [5.74, 6) is 0. The molecule has 2 aliphatic rings. The third kappa shape index (κ3) is 1.39. The lowest BCUT2D eigenvalue weighted by Gasteiger charge is -2.38. The van der Waals surface area contributed by atoms with E-state index in [0.29, 0.717) is 6.61 Å². The Morgan fingerprint density at radius 1 is 1.57 bits per heavy atom. The minimum Gasteiger partial charge on any atom is -0.382 e. The summed E-state index contributed by atoms with van der Waals surface area (Å²) in [6, 6.07) is -0.207. The van der Waals surface area contributed by atoms with E-state index in [-0.39, 0.29) is 23.8 Å². The number of nitrogens with one attached hydrogen (secondary N) is 1. The molecule has 2 rings (SSSR count). The van der Waals surface area contributed by atoms with Crippen molar-refractivity contribution >= 4 is 7.85 Å². The molecule has 0 aromatic heterocycles. The summed E-state index contributed by atoms with van der Waals surface area (Å²) in [7, 11) is 9.24. The van der Waals surface area contributed by atoms with E-state index in [1.165, 1.54) is 0 Å². The molecule has 0 amide bonds. The Hall–Kier alpha value is -0.0951. The van der Waals surface area contributed by atoms with Gasteiger partial charge in [-0.05, 0) is 13.0 Å². The molecule has 0 saturated carbocycles. The molecule has 2 saturated heterocycles. The highest BCUT2D eigenvalue weighted by atomic mass is 16.6. The van der Waals surface area contributed by atoms with Crippen molar-refractivity contribution in [1.82, 2.24) is 5.32 Å². The summed E-state index contributed by atoms with van der Waals surface area (Å²) >= 11 is 0. The van der Waals surface area contributed by atoms with Gasteiger partial charge in [-0.25, -0.2) is 0 Å². The fraction of sp³-hybridized carbons (Fsp3) is 1.00. The monoisotopic (exact) mass is 197 g/mol. The van der Waals surface area contributed by atoms with E-state index in [9.17, 15) is 0 Å². The zero-order valence-corrected chi connectivity index (χ0v) is 8.66. The van der Waals surface area contributed by atoms with E-state index in [1.54, 1.807) is 14.2 Å². The maximum atomic E-state index is 5.88. The summed E-state index contributed by atoms with van der Waals surface area (Å²) < 4.78 is 16.4. The zero-order chi connectivity index (χ0) is 10.2. The standard InChI is InChI=1S/C9H16BNO3/c1-12-5-9-3-4-11-6(7(9)13-2)8(10)14-9/h6-8,11H,3-5H2,1-2H3/t6?,7?,8-,9-/m1/s1. The molecule has 0 spiro atoms. The van der Waals surface area contributed by atoms with Gasteiger partial charge in [0.15, 0.2) is 0 Å². The summed E-state index contributed by atoms with van der Waals surface area (Å²) in [6.07, 6.45) is 0.870. The van der Waals surface area contributed by atoms with Gasteiger partial charge in [-0.2, -0.15) is 0 Å². The third-order valence-electron chi connectivity index (χ3n) is 3.14. The van der Waals surface area contributed by atoms with Crippen LogP contribution in [0.4, 0.5) is 0 Å². The van der Waals surface area contributed by atoms with Gasteiger partial charge in [-0.1, -0.05) is 0 Å². The topological polar surface area (TPSA) is 39.7 Å². The van der Waals surface area contributed by atoms with Gasteiger partial charge in [-0.15, -0.1) is 0 Å². The average Bonchev–Trinajstić information content (AvgIpc) is 2.30. The average molecular weight is 197 g/mol. The lowest BCUT2D eigenvalue weighted by molar-refractivity contribution is -0.124. The fourth-order valence-electron chi connectivity index (χ4n) is 2.58. The lowest BCUT2D eigenvalue weighted by Crippen LogP contribution is -2.58. The second-order valence-electron chi connectivity index (χ2n) is 3.97. The van der Waals surface area contributed by atoms with Gasteiger partial charge >= 0.3 is 0 Å². The van der Waals surface area contributed by atoms with E-state index >= 15 is 0 Å². The summed E-state index contributed by atoms with van der Waals surface area (Å²) in [5.41, 5.74) is -0.348. The van der Waals surface area contributed by atoms with Crippen LogP contribution in [0, 0.1) is 0 Å². The van der Waals surface area contributed by atoms with E-state index in [1.807, 2.05) is 0 Å². The number of rotatable bonds is 3. The van der Waals surface area contributed by atoms with Crippen LogP contribution >= 0.6 is 0 Å². The van der Waals surface area contributed by atoms with Crippen molar-refractivity contribution in [3.63, 3.8) is 0 Å². The number of hydrogen-bond donors (Lipinski definition) is 1. The second kappa shape index (κ2) is 3.81. The highest BCUT2D eigenvalue weighted by Crippen LogP contribution is 2.37. The van der Waals surface area contributed by atoms with Crippen LogP contribution in [-0.4, -0.2) is 59.0 Å². The molecule has 2 heterocycles. The third-order valence-corrected chi connectivity index (χ3v) is 3.14. The van der Waals surface area contributed by atoms with E-state index in [2.05, 4.69) is 5.32 Å². The molecule has 2 radical (unpaired) electrons. The Morgan fingerprint density at radius 2 is 2.36 bits per heavy atom. The Kier molecular flexibility index (Phi) is 2.84. The van der Waals surface area contributed by atoms with Crippen molar-refractivity contribution in [2.24, 2.45) is 0 Å². The molecular formula is C9H16BNO3. The van der Waals surface area contributed by atoms with Gasteiger partial charge in [0.25, 0.3) is 0 Å². The Balaban J connectivity index is 2.20. The number of ether oxygens (including phenoxy) is 3. The van der Waals surface area contributed by atoms with Crippen LogP contribution in [0.5, 0.6) is 0 Å². The molecule has 2 unspecified atom stereocenters. The predicted molar refractivity (Wildman–Crippen MR) is 52.4 cm³/mol. The van der Waals surface area contributed by atoms with Crippen molar-refractivity contribution < 1.29 is 14.2 Å². The van der Waals surface area contributed by atoms with Gasteiger partial charge in [0.05, 0.1) is 12.6 Å². The molecule has 78 valence electrons. The van der Waals surface area contributed by atoms with Crippen molar-refractivity contribution in [3.8, 4) is 0 Å². The number of methoxy groups -OCH3 is 2.